The van der Waals surface area contributed by atoms with E-state index in [0.29, 0.717) is 19.4 Å². The molecule has 0 spiro atoms. The highest BCUT2D eigenvalue weighted by Gasteiger charge is 2.44. The Hall–Kier alpha value is -1.87. The Bertz CT molecular complexity index is 983. The van der Waals surface area contributed by atoms with Crippen molar-refractivity contribution in [3.63, 3.8) is 0 Å². The molecule has 1 aromatic carbocycles. The second-order valence-corrected chi connectivity index (χ2v) is 11.6. The molecular weight excluding hydrogens is 466 g/mol. The van der Waals surface area contributed by atoms with Crippen LogP contribution in [0.5, 0.6) is 0 Å². The second kappa shape index (κ2) is 10.4. The SMILES string of the molecule is Cc1ccc(N2C(=O)CCC(C(=O)NCC3(N4CCOCC4)CCSC3)C2c2cccs2)cc1. The third-order valence-electron chi connectivity index (χ3n) is 7.44. The molecule has 3 atom stereocenters. The molecule has 3 unspecified atom stereocenters. The fraction of sp³-hybridized carbons (Fsp3) is 0.538. The number of carbonyl (C=O) groups is 2. The van der Waals surface area contributed by atoms with Crippen LogP contribution in [0.1, 0.15) is 35.7 Å². The van der Waals surface area contributed by atoms with Crippen LogP contribution >= 0.6 is 23.1 Å². The van der Waals surface area contributed by atoms with Gasteiger partial charge in [0.25, 0.3) is 0 Å². The van der Waals surface area contributed by atoms with Crippen molar-refractivity contribution in [3.8, 4) is 0 Å². The highest BCUT2D eigenvalue weighted by atomic mass is 32.2. The van der Waals surface area contributed by atoms with Crippen LogP contribution in [-0.4, -0.2) is 66.6 Å². The maximum absolute atomic E-state index is 13.7. The maximum atomic E-state index is 13.7. The molecule has 2 amide bonds. The van der Waals surface area contributed by atoms with Crippen LogP contribution < -0.4 is 10.2 Å². The van der Waals surface area contributed by atoms with Crippen molar-refractivity contribution in [3.05, 3.63) is 52.2 Å². The third kappa shape index (κ3) is 4.78. The van der Waals surface area contributed by atoms with E-state index in [2.05, 4.69) is 16.3 Å². The zero-order valence-electron chi connectivity index (χ0n) is 19.7. The molecule has 4 heterocycles. The predicted octanol–water partition coefficient (Wildman–Crippen LogP) is 3.86. The number of piperidine rings is 1. The zero-order valence-corrected chi connectivity index (χ0v) is 21.3. The van der Waals surface area contributed by atoms with Crippen LogP contribution in [0.2, 0.25) is 0 Å². The van der Waals surface area contributed by atoms with Crippen molar-refractivity contribution >= 4 is 40.6 Å². The number of benzene rings is 1. The van der Waals surface area contributed by atoms with Crippen molar-refractivity contribution in [1.29, 1.82) is 0 Å². The molecule has 0 radical (unpaired) electrons. The van der Waals surface area contributed by atoms with Gasteiger partial charge < -0.3 is 15.0 Å². The lowest BCUT2D eigenvalue weighted by Crippen LogP contribution is -2.60. The number of hydrogen-bond acceptors (Lipinski definition) is 6. The van der Waals surface area contributed by atoms with E-state index in [0.717, 1.165) is 60.4 Å². The standard InChI is InChI=1S/C26H33N3O3S2/c1-19-4-6-20(7-5-19)29-23(30)9-8-21(24(29)22-3-2-15-34-22)25(31)27-17-26(10-16-33-18-26)28-11-13-32-14-12-28/h2-7,15,21,24H,8-14,16-18H2,1H3,(H,27,31). The minimum atomic E-state index is -0.277. The molecule has 34 heavy (non-hydrogen) atoms. The van der Waals surface area contributed by atoms with Crippen molar-refractivity contribution in [1.82, 2.24) is 10.2 Å². The summed E-state index contributed by atoms with van der Waals surface area (Å²) in [5.41, 5.74) is 2.02. The summed E-state index contributed by atoms with van der Waals surface area (Å²) in [6.45, 7) is 6.07. The van der Waals surface area contributed by atoms with Crippen molar-refractivity contribution in [2.75, 3.05) is 49.3 Å². The Morgan fingerprint density at radius 1 is 1.21 bits per heavy atom. The van der Waals surface area contributed by atoms with Crippen LogP contribution in [0, 0.1) is 12.8 Å². The van der Waals surface area contributed by atoms with E-state index < -0.39 is 0 Å². The van der Waals surface area contributed by atoms with Gasteiger partial charge in [0.2, 0.25) is 11.8 Å². The summed E-state index contributed by atoms with van der Waals surface area (Å²) in [5, 5.41) is 5.38. The van der Waals surface area contributed by atoms with Gasteiger partial charge in [-0.15, -0.1) is 11.3 Å². The smallest absolute Gasteiger partial charge is 0.227 e. The molecule has 182 valence electrons. The maximum Gasteiger partial charge on any atom is 0.227 e. The van der Waals surface area contributed by atoms with Gasteiger partial charge in [-0.25, -0.2) is 0 Å². The summed E-state index contributed by atoms with van der Waals surface area (Å²) in [6, 6.07) is 11.8. The van der Waals surface area contributed by atoms with Crippen LogP contribution in [-0.2, 0) is 14.3 Å². The number of aryl methyl sites for hydroxylation is 1. The number of carbonyl (C=O) groups excluding carboxylic acids is 2. The van der Waals surface area contributed by atoms with Gasteiger partial charge in [0, 0.05) is 47.9 Å². The van der Waals surface area contributed by atoms with Crippen LogP contribution in [0.15, 0.2) is 41.8 Å². The van der Waals surface area contributed by atoms with Crippen LogP contribution in [0.4, 0.5) is 5.69 Å². The molecule has 6 nitrogen and oxygen atoms in total. The van der Waals surface area contributed by atoms with Gasteiger partial charge in [-0.1, -0.05) is 23.8 Å². The lowest BCUT2D eigenvalue weighted by Gasteiger charge is -2.44. The summed E-state index contributed by atoms with van der Waals surface area (Å²) in [4.78, 5) is 32.3. The average Bonchev–Trinajstić information content (AvgIpc) is 3.57. The molecule has 0 aliphatic carbocycles. The summed E-state index contributed by atoms with van der Waals surface area (Å²) < 4.78 is 5.58. The molecule has 2 aromatic rings. The van der Waals surface area contributed by atoms with Gasteiger partial charge in [-0.2, -0.15) is 11.8 Å². The zero-order chi connectivity index (χ0) is 23.5. The number of hydrogen-bond donors (Lipinski definition) is 1. The summed E-state index contributed by atoms with van der Waals surface area (Å²) in [7, 11) is 0. The third-order valence-corrected chi connectivity index (χ3v) is 9.61. The number of thiophene rings is 1. The molecular formula is C26H33N3O3S2. The van der Waals surface area contributed by atoms with E-state index in [1.54, 1.807) is 11.3 Å². The van der Waals surface area contributed by atoms with Crippen molar-refractivity contribution in [2.24, 2.45) is 5.92 Å². The number of nitrogens with one attached hydrogen (secondary N) is 1. The molecule has 1 aromatic heterocycles. The Kier molecular flexibility index (Phi) is 7.30. The molecule has 3 aliphatic rings. The first-order chi connectivity index (χ1) is 16.6. The Balaban J connectivity index is 1.38. The topological polar surface area (TPSA) is 61.9 Å². The molecule has 3 fully saturated rings. The number of rotatable bonds is 6. The number of ether oxygens (including phenoxy) is 1. The minimum Gasteiger partial charge on any atom is -0.379 e. The predicted molar refractivity (Wildman–Crippen MR) is 139 cm³/mol. The average molecular weight is 500 g/mol. The van der Waals surface area contributed by atoms with Gasteiger partial charge in [0.1, 0.15) is 0 Å². The summed E-state index contributed by atoms with van der Waals surface area (Å²) in [5.74, 6) is 2.05. The van der Waals surface area contributed by atoms with E-state index in [4.69, 9.17) is 4.74 Å². The van der Waals surface area contributed by atoms with Gasteiger partial charge in [-0.05, 0) is 49.1 Å². The lowest BCUT2D eigenvalue weighted by molar-refractivity contribution is -0.129. The van der Waals surface area contributed by atoms with E-state index in [1.165, 1.54) is 0 Å². The molecule has 3 aliphatic heterocycles. The minimum absolute atomic E-state index is 0.00364. The first-order valence-corrected chi connectivity index (χ1v) is 14.2. The Morgan fingerprint density at radius 3 is 2.68 bits per heavy atom. The van der Waals surface area contributed by atoms with E-state index >= 15 is 0 Å². The quantitative estimate of drug-likeness (QED) is 0.654. The first-order valence-electron chi connectivity index (χ1n) is 12.2. The van der Waals surface area contributed by atoms with Crippen molar-refractivity contribution in [2.45, 2.75) is 37.8 Å². The number of anilines is 1. The van der Waals surface area contributed by atoms with Crippen LogP contribution in [0.3, 0.4) is 0 Å². The number of thioether (sulfide) groups is 1. The van der Waals surface area contributed by atoms with Gasteiger partial charge in [-0.3, -0.25) is 14.5 Å². The number of nitrogens with zero attached hydrogens (tertiary/aromatic N) is 2. The molecule has 5 rings (SSSR count). The molecule has 0 saturated carbocycles. The van der Waals surface area contributed by atoms with Gasteiger partial charge in [0.15, 0.2) is 0 Å². The number of morpholine rings is 1. The molecule has 3 saturated heterocycles. The van der Waals surface area contributed by atoms with E-state index in [1.807, 2.05) is 59.3 Å². The second-order valence-electron chi connectivity index (χ2n) is 9.55. The summed E-state index contributed by atoms with van der Waals surface area (Å²) >= 11 is 3.59. The van der Waals surface area contributed by atoms with Crippen molar-refractivity contribution < 1.29 is 14.3 Å². The van der Waals surface area contributed by atoms with Gasteiger partial charge >= 0.3 is 0 Å². The highest BCUT2D eigenvalue weighted by Crippen LogP contribution is 2.42. The number of amides is 2. The van der Waals surface area contributed by atoms with Crippen LogP contribution in [0.25, 0.3) is 0 Å². The molecule has 0 bridgehead atoms. The van der Waals surface area contributed by atoms with E-state index in [9.17, 15) is 9.59 Å². The highest BCUT2D eigenvalue weighted by molar-refractivity contribution is 7.99. The summed E-state index contributed by atoms with van der Waals surface area (Å²) in [6.07, 6.45) is 2.05. The Labute approximate surface area is 210 Å². The van der Waals surface area contributed by atoms with E-state index in [-0.39, 0.29) is 29.3 Å². The molecule has 8 heteroatoms. The van der Waals surface area contributed by atoms with Gasteiger partial charge in [0.05, 0.1) is 25.2 Å². The lowest BCUT2D eigenvalue weighted by atomic mass is 9.85. The monoisotopic (exact) mass is 499 g/mol. The molecule has 1 N–H and O–H groups in total. The fourth-order valence-electron chi connectivity index (χ4n) is 5.48. The largest absolute Gasteiger partial charge is 0.379 e. The fourth-order valence-corrected chi connectivity index (χ4v) is 7.84. The normalized spacial score (nSPS) is 28.3. The Morgan fingerprint density at radius 2 is 2.00 bits per heavy atom. The first kappa shape index (κ1) is 23.9.